The van der Waals surface area contributed by atoms with Crippen LogP contribution in [0.2, 0.25) is 0 Å². The van der Waals surface area contributed by atoms with E-state index in [1.54, 1.807) is 17.5 Å². The fourth-order valence-electron chi connectivity index (χ4n) is 2.18. The molecule has 3 atom stereocenters. The predicted octanol–water partition coefficient (Wildman–Crippen LogP) is 1.74. The lowest BCUT2D eigenvalue weighted by Crippen LogP contribution is -2.48. The van der Waals surface area contributed by atoms with Gasteiger partial charge in [-0.15, -0.1) is 11.3 Å². The van der Waals surface area contributed by atoms with Crippen LogP contribution in [0, 0.1) is 0 Å². The molecule has 20 heavy (non-hydrogen) atoms. The number of nitrogens with one attached hydrogen (secondary N) is 2. The average molecular weight is 298 g/mol. The van der Waals surface area contributed by atoms with Crippen molar-refractivity contribution < 1.29 is 19.4 Å². The standard InChI is InChI=1S/C13H18N2O4S/c1-8(9-4-2-6-19-9)14-13(18)15-11(12(16)17)10-5-3-7-20-10/h3,5,7-9,11H,2,4,6H2,1H3,(H,16,17)(H2,14,15,18). The van der Waals surface area contributed by atoms with Crippen LogP contribution >= 0.6 is 11.3 Å². The van der Waals surface area contributed by atoms with Crippen molar-refractivity contribution in [3.8, 4) is 0 Å². The molecule has 0 aliphatic carbocycles. The SMILES string of the molecule is CC(NC(=O)NC(C(=O)O)c1cccs1)C1CCCO1. The minimum absolute atomic E-state index is 0.00534. The number of carbonyl (C=O) groups excluding carboxylic acids is 1. The fraction of sp³-hybridized carbons (Fsp3) is 0.538. The van der Waals surface area contributed by atoms with Crippen molar-refractivity contribution in [2.45, 2.75) is 38.0 Å². The zero-order chi connectivity index (χ0) is 14.5. The van der Waals surface area contributed by atoms with Gasteiger partial charge in [0, 0.05) is 11.5 Å². The Kier molecular flexibility index (Phi) is 4.97. The maximum atomic E-state index is 11.9. The molecule has 1 fully saturated rings. The van der Waals surface area contributed by atoms with E-state index in [0.29, 0.717) is 11.5 Å². The van der Waals surface area contributed by atoms with Crippen molar-refractivity contribution in [2.24, 2.45) is 0 Å². The van der Waals surface area contributed by atoms with E-state index in [1.807, 2.05) is 6.92 Å². The number of aliphatic carboxylic acids is 1. The normalized spacial score (nSPS) is 21.1. The molecule has 110 valence electrons. The maximum Gasteiger partial charge on any atom is 0.331 e. The van der Waals surface area contributed by atoms with Crippen LogP contribution in [0.5, 0.6) is 0 Å². The van der Waals surface area contributed by atoms with Gasteiger partial charge in [-0.1, -0.05) is 6.07 Å². The highest BCUT2D eigenvalue weighted by atomic mass is 32.1. The van der Waals surface area contributed by atoms with E-state index in [1.165, 1.54) is 11.3 Å². The van der Waals surface area contributed by atoms with E-state index in [9.17, 15) is 14.7 Å². The Hall–Kier alpha value is -1.60. The number of urea groups is 1. The van der Waals surface area contributed by atoms with Gasteiger partial charge in [0.1, 0.15) is 0 Å². The van der Waals surface area contributed by atoms with Gasteiger partial charge in [0.2, 0.25) is 0 Å². The Morgan fingerprint density at radius 3 is 2.85 bits per heavy atom. The maximum absolute atomic E-state index is 11.9. The molecular formula is C13H18N2O4S. The summed E-state index contributed by atoms with van der Waals surface area (Å²) in [6.07, 6.45) is 1.91. The first-order chi connectivity index (χ1) is 9.58. The van der Waals surface area contributed by atoms with Gasteiger partial charge in [0.15, 0.2) is 6.04 Å². The van der Waals surface area contributed by atoms with Gasteiger partial charge in [0.05, 0.1) is 12.1 Å². The van der Waals surface area contributed by atoms with Crippen molar-refractivity contribution in [2.75, 3.05) is 6.61 Å². The molecule has 1 saturated heterocycles. The fourth-order valence-corrected chi connectivity index (χ4v) is 2.95. The molecule has 0 aromatic carbocycles. The van der Waals surface area contributed by atoms with Crippen LogP contribution in [-0.4, -0.2) is 35.9 Å². The van der Waals surface area contributed by atoms with E-state index >= 15 is 0 Å². The second-order valence-corrected chi connectivity index (χ2v) is 5.72. The van der Waals surface area contributed by atoms with Crippen LogP contribution in [0.15, 0.2) is 17.5 Å². The van der Waals surface area contributed by atoms with E-state index in [2.05, 4.69) is 10.6 Å². The lowest BCUT2D eigenvalue weighted by molar-refractivity contribution is -0.139. The van der Waals surface area contributed by atoms with Crippen molar-refractivity contribution in [3.05, 3.63) is 22.4 Å². The highest BCUT2D eigenvalue weighted by molar-refractivity contribution is 7.10. The second kappa shape index (κ2) is 6.71. The van der Waals surface area contributed by atoms with Crippen LogP contribution in [0.4, 0.5) is 4.79 Å². The Balaban J connectivity index is 1.90. The molecule has 0 radical (unpaired) electrons. The van der Waals surface area contributed by atoms with E-state index < -0.39 is 18.0 Å². The summed E-state index contributed by atoms with van der Waals surface area (Å²) in [5, 5.41) is 16.2. The smallest absolute Gasteiger partial charge is 0.331 e. The largest absolute Gasteiger partial charge is 0.479 e. The molecule has 1 aromatic heterocycles. The van der Waals surface area contributed by atoms with Crippen LogP contribution in [0.1, 0.15) is 30.7 Å². The van der Waals surface area contributed by atoms with Crippen molar-refractivity contribution in [1.82, 2.24) is 10.6 Å². The number of hydrogen-bond donors (Lipinski definition) is 3. The number of thiophene rings is 1. The number of amides is 2. The molecular weight excluding hydrogens is 280 g/mol. The van der Waals surface area contributed by atoms with E-state index in [0.717, 1.165) is 12.8 Å². The highest BCUT2D eigenvalue weighted by Gasteiger charge is 2.27. The van der Waals surface area contributed by atoms with Crippen LogP contribution in [0.3, 0.4) is 0 Å². The molecule has 0 saturated carbocycles. The van der Waals surface area contributed by atoms with Gasteiger partial charge in [-0.2, -0.15) is 0 Å². The van der Waals surface area contributed by atoms with E-state index in [-0.39, 0.29) is 12.1 Å². The Labute approximate surface area is 121 Å². The summed E-state index contributed by atoms with van der Waals surface area (Å²) >= 11 is 1.30. The number of carboxylic acid groups (broad SMARTS) is 1. The number of rotatable bonds is 5. The second-order valence-electron chi connectivity index (χ2n) is 4.74. The molecule has 1 aliphatic rings. The summed E-state index contributed by atoms with van der Waals surface area (Å²) in [6.45, 7) is 2.57. The van der Waals surface area contributed by atoms with Crippen LogP contribution in [-0.2, 0) is 9.53 Å². The van der Waals surface area contributed by atoms with Gasteiger partial charge >= 0.3 is 12.0 Å². The summed E-state index contributed by atoms with van der Waals surface area (Å²) in [5.74, 6) is -1.08. The monoisotopic (exact) mass is 298 g/mol. The van der Waals surface area contributed by atoms with Gasteiger partial charge in [-0.05, 0) is 31.2 Å². The molecule has 6 nitrogen and oxygen atoms in total. The van der Waals surface area contributed by atoms with Crippen LogP contribution < -0.4 is 10.6 Å². The predicted molar refractivity (Wildman–Crippen MR) is 74.8 cm³/mol. The number of ether oxygens (including phenoxy) is 1. The summed E-state index contributed by atoms with van der Waals surface area (Å²) in [7, 11) is 0. The van der Waals surface area contributed by atoms with Crippen molar-refractivity contribution in [3.63, 3.8) is 0 Å². The number of carboxylic acids is 1. The van der Waals surface area contributed by atoms with Crippen molar-refractivity contribution >= 4 is 23.3 Å². The van der Waals surface area contributed by atoms with Gasteiger partial charge < -0.3 is 20.5 Å². The minimum atomic E-state index is -1.08. The molecule has 7 heteroatoms. The first-order valence-corrected chi connectivity index (χ1v) is 7.40. The molecule has 1 aromatic rings. The molecule has 3 unspecified atom stereocenters. The van der Waals surface area contributed by atoms with Gasteiger partial charge in [-0.25, -0.2) is 9.59 Å². The van der Waals surface area contributed by atoms with Crippen LogP contribution in [0.25, 0.3) is 0 Å². The topological polar surface area (TPSA) is 87.7 Å². The lowest BCUT2D eigenvalue weighted by Gasteiger charge is -2.21. The summed E-state index contributed by atoms with van der Waals surface area (Å²) in [5.41, 5.74) is 0. The minimum Gasteiger partial charge on any atom is -0.479 e. The molecule has 2 amide bonds. The highest BCUT2D eigenvalue weighted by Crippen LogP contribution is 2.19. The van der Waals surface area contributed by atoms with Crippen molar-refractivity contribution in [1.29, 1.82) is 0 Å². The Morgan fingerprint density at radius 1 is 1.50 bits per heavy atom. The molecule has 3 N–H and O–H groups in total. The number of hydrogen-bond acceptors (Lipinski definition) is 4. The molecule has 0 bridgehead atoms. The molecule has 2 rings (SSSR count). The molecule has 0 spiro atoms. The zero-order valence-corrected chi connectivity index (χ0v) is 12.0. The first-order valence-electron chi connectivity index (χ1n) is 6.53. The number of carbonyl (C=O) groups is 2. The molecule has 1 aliphatic heterocycles. The quantitative estimate of drug-likeness (QED) is 0.772. The summed E-state index contributed by atoms with van der Waals surface area (Å²) < 4.78 is 5.48. The zero-order valence-electron chi connectivity index (χ0n) is 11.2. The average Bonchev–Trinajstić information content (AvgIpc) is 3.08. The third kappa shape index (κ3) is 3.71. The molecule has 2 heterocycles. The Bertz CT molecular complexity index is 457. The van der Waals surface area contributed by atoms with Gasteiger partial charge in [0.25, 0.3) is 0 Å². The third-order valence-corrected chi connectivity index (χ3v) is 4.17. The Morgan fingerprint density at radius 2 is 2.30 bits per heavy atom. The summed E-state index contributed by atoms with van der Waals surface area (Å²) in [6, 6.07) is 1.79. The van der Waals surface area contributed by atoms with E-state index in [4.69, 9.17) is 4.74 Å². The third-order valence-electron chi connectivity index (χ3n) is 3.23. The lowest BCUT2D eigenvalue weighted by atomic mass is 10.1. The summed E-state index contributed by atoms with van der Waals surface area (Å²) in [4.78, 5) is 23.7. The first kappa shape index (κ1) is 14.8. The van der Waals surface area contributed by atoms with Gasteiger partial charge in [-0.3, -0.25) is 0 Å².